The van der Waals surface area contributed by atoms with E-state index in [1.807, 2.05) is 52.3 Å². The number of guanidine groups is 1. The van der Waals surface area contributed by atoms with E-state index in [0.717, 1.165) is 35.6 Å². The van der Waals surface area contributed by atoms with Crippen LogP contribution < -0.4 is 10.6 Å². The van der Waals surface area contributed by atoms with Gasteiger partial charge in [-0.05, 0) is 65.2 Å². The number of rotatable bonds is 6. The molecule has 3 aromatic carbocycles. The third kappa shape index (κ3) is 5.35. The van der Waals surface area contributed by atoms with E-state index < -0.39 is 5.54 Å². The minimum absolute atomic E-state index is 0.0115. The maximum absolute atomic E-state index is 13.8. The lowest BCUT2D eigenvalue weighted by molar-refractivity contribution is 0.0746. The van der Waals surface area contributed by atoms with Gasteiger partial charge in [0, 0.05) is 44.5 Å². The number of amides is 1. The number of hydrogen-bond donors (Lipinski definition) is 1. The van der Waals surface area contributed by atoms with Crippen molar-refractivity contribution in [2.75, 3.05) is 37.6 Å². The number of carbonyl (C=O) groups excluding carboxylic acids is 1. The smallest absolute Gasteiger partial charge is 0.253 e. The predicted octanol–water partition coefficient (Wildman–Crippen LogP) is 4.40. The van der Waals surface area contributed by atoms with E-state index in [9.17, 15) is 13.6 Å². The second-order valence-electron chi connectivity index (χ2n) is 10.4. The largest absolute Gasteiger partial charge is 0.370 e. The van der Waals surface area contributed by atoms with Gasteiger partial charge >= 0.3 is 0 Å². The summed E-state index contributed by atoms with van der Waals surface area (Å²) < 4.78 is 27.5. The summed E-state index contributed by atoms with van der Waals surface area (Å²) in [6.07, 6.45) is 1.78. The molecule has 2 N–H and O–H groups in total. The maximum Gasteiger partial charge on any atom is 0.253 e. The van der Waals surface area contributed by atoms with Crippen LogP contribution in [0.2, 0.25) is 0 Å². The Hall–Kier alpha value is -4.79. The van der Waals surface area contributed by atoms with Gasteiger partial charge in [0.1, 0.15) is 23.0 Å². The van der Waals surface area contributed by atoms with Crippen molar-refractivity contribution in [1.82, 2.24) is 14.8 Å². The first-order chi connectivity index (χ1) is 19.9. The van der Waals surface area contributed by atoms with E-state index in [1.54, 1.807) is 30.5 Å². The van der Waals surface area contributed by atoms with E-state index in [-0.39, 0.29) is 17.5 Å². The number of aliphatic imine (C=N–C) groups is 1. The molecule has 1 fully saturated rings. The number of anilines is 1. The van der Waals surface area contributed by atoms with Crippen LogP contribution in [0.1, 0.15) is 27.0 Å². The van der Waals surface area contributed by atoms with Gasteiger partial charge in [0.05, 0.1) is 6.54 Å². The monoisotopic (exact) mass is 552 g/mol. The molecule has 0 radical (unpaired) electrons. The Labute approximate surface area is 237 Å². The second-order valence-corrected chi connectivity index (χ2v) is 10.4. The van der Waals surface area contributed by atoms with Gasteiger partial charge in [-0.15, -0.1) is 0 Å². The minimum atomic E-state index is -0.924. The van der Waals surface area contributed by atoms with E-state index in [0.29, 0.717) is 37.7 Å². The zero-order chi connectivity index (χ0) is 28.4. The Morgan fingerprint density at radius 3 is 2.10 bits per heavy atom. The first-order valence-corrected chi connectivity index (χ1v) is 13.6. The van der Waals surface area contributed by atoms with Gasteiger partial charge in [-0.1, -0.05) is 42.5 Å². The molecule has 208 valence electrons. The van der Waals surface area contributed by atoms with Crippen LogP contribution in [0, 0.1) is 11.6 Å². The molecule has 0 unspecified atom stereocenters. The highest BCUT2D eigenvalue weighted by molar-refractivity contribution is 5.94. The molecule has 0 bridgehead atoms. The van der Waals surface area contributed by atoms with Gasteiger partial charge in [-0.3, -0.25) is 4.79 Å². The van der Waals surface area contributed by atoms with Crippen LogP contribution >= 0.6 is 0 Å². The Kier molecular flexibility index (Phi) is 7.09. The molecule has 0 aliphatic carbocycles. The predicted molar refractivity (Wildman–Crippen MR) is 154 cm³/mol. The summed E-state index contributed by atoms with van der Waals surface area (Å²) >= 11 is 0. The lowest BCUT2D eigenvalue weighted by Crippen LogP contribution is -2.49. The van der Waals surface area contributed by atoms with Gasteiger partial charge < -0.3 is 20.4 Å². The molecule has 1 saturated heterocycles. The fraction of sp³-hybridized carbons (Fsp3) is 0.219. The molecule has 0 saturated carbocycles. The quantitative estimate of drug-likeness (QED) is 0.384. The van der Waals surface area contributed by atoms with Crippen molar-refractivity contribution in [1.29, 1.82) is 0 Å². The molecule has 2 aliphatic rings. The zero-order valence-corrected chi connectivity index (χ0v) is 22.5. The van der Waals surface area contributed by atoms with Gasteiger partial charge in [-0.2, -0.15) is 0 Å². The lowest BCUT2D eigenvalue weighted by atomic mass is 9.83. The van der Waals surface area contributed by atoms with Crippen LogP contribution in [0.3, 0.4) is 0 Å². The Bertz CT molecular complexity index is 1510. The first-order valence-electron chi connectivity index (χ1n) is 13.6. The van der Waals surface area contributed by atoms with Crippen LogP contribution in [0.25, 0.3) is 0 Å². The fourth-order valence-electron chi connectivity index (χ4n) is 5.61. The highest BCUT2D eigenvalue weighted by Gasteiger charge is 2.42. The molecule has 9 heteroatoms. The molecular weight excluding hydrogens is 522 g/mol. The summed E-state index contributed by atoms with van der Waals surface area (Å²) in [5, 5.41) is 0. The van der Waals surface area contributed by atoms with Crippen molar-refractivity contribution in [2.24, 2.45) is 10.7 Å². The Morgan fingerprint density at radius 1 is 0.829 bits per heavy atom. The van der Waals surface area contributed by atoms with Crippen molar-refractivity contribution in [3.63, 3.8) is 0 Å². The third-order valence-electron chi connectivity index (χ3n) is 7.78. The van der Waals surface area contributed by atoms with Gasteiger partial charge in [0.15, 0.2) is 5.96 Å². The Morgan fingerprint density at radius 2 is 1.49 bits per heavy atom. The molecule has 3 heterocycles. The summed E-state index contributed by atoms with van der Waals surface area (Å²) in [4.78, 5) is 28.7. The number of halogens is 2. The molecule has 4 aromatic rings. The summed E-state index contributed by atoms with van der Waals surface area (Å²) in [6.45, 7) is 3.47. The Balaban J connectivity index is 1.19. The second kappa shape index (κ2) is 11.0. The number of hydrogen-bond acceptors (Lipinski definition) is 6. The molecule has 7 nitrogen and oxygen atoms in total. The first kappa shape index (κ1) is 26.4. The SMILES string of the molecule is NC1=NC(c2ccc(F)cc2)(c2ccc(F)cc2)CN1Cc1cccc(C(=O)N2CCN(c3ccccn3)CC2)c1. The van der Waals surface area contributed by atoms with Crippen LogP contribution in [0.5, 0.6) is 0 Å². The fourth-order valence-corrected chi connectivity index (χ4v) is 5.61. The van der Waals surface area contributed by atoms with Gasteiger partial charge in [-0.25, -0.2) is 18.8 Å². The van der Waals surface area contributed by atoms with Crippen LogP contribution in [0.4, 0.5) is 14.6 Å². The minimum Gasteiger partial charge on any atom is -0.370 e. The van der Waals surface area contributed by atoms with Crippen LogP contribution in [-0.2, 0) is 12.1 Å². The number of pyridine rings is 1. The van der Waals surface area contributed by atoms with E-state index >= 15 is 0 Å². The van der Waals surface area contributed by atoms with Crippen molar-refractivity contribution in [2.45, 2.75) is 12.1 Å². The average molecular weight is 553 g/mol. The highest BCUT2D eigenvalue weighted by atomic mass is 19.1. The number of piperazine rings is 1. The number of carbonyl (C=O) groups is 1. The molecule has 1 amide bonds. The molecule has 1 aromatic heterocycles. The molecule has 6 rings (SSSR count). The van der Waals surface area contributed by atoms with Crippen molar-refractivity contribution >= 4 is 17.7 Å². The number of nitrogens with two attached hydrogens (primary N) is 1. The normalized spacial score (nSPS) is 16.5. The van der Waals surface area contributed by atoms with E-state index in [1.165, 1.54) is 24.3 Å². The zero-order valence-electron chi connectivity index (χ0n) is 22.5. The third-order valence-corrected chi connectivity index (χ3v) is 7.78. The standard InChI is InChI=1S/C32H30F2N6O/c33-27-11-7-25(8-12-27)32(26-9-13-28(34)14-10-26)22-40(31(35)37-32)21-23-4-3-5-24(20-23)30(41)39-18-16-38(17-19-39)29-6-1-2-15-36-29/h1-15,20H,16-19,21-22H2,(H2,35,37). The van der Waals surface area contributed by atoms with Crippen molar-refractivity contribution in [3.8, 4) is 0 Å². The van der Waals surface area contributed by atoms with Crippen molar-refractivity contribution < 1.29 is 13.6 Å². The molecule has 0 spiro atoms. The van der Waals surface area contributed by atoms with Gasteiger partial charge in [0.25, 0.3) is 5.91 Å². The number of nitrogens with zero attached hydrogens (tertiary/aromatic N) is 5. The molecule has 2 aliphatic heterocycles. The molecule has 0 atom stereocenters. The van der Waals surface area contributed by atoms with Crippen molar-refractivity contribution in [3.05, 3.63) is 131 Å². The van der Waals surface area contributed by atoms with Gasteiger partial charge in [0.2, 0.25) is 0 Å². The maximum atomic E-state index is 13.8. The molecule has 41 heavy (non-hydrogen) atoms. The summed E-state index contributed by atoms with van der Waals surface area (Å²) in [5.41, 5.74) is 8.57. The number of benzene rings is 3. The summed E-state index contributed by atoms with van der Waals surface area (Å²) in [7, 11) is 0. The number of aromatic nitrogens is 1. The molecular formula is C32H30F2N6O. The lowest BCUT2D eigenvalue weighted by Gasteiger charge is -2.35. The summed E-state index contributed by atoms with van der Waals surface area (Å²) in [6, 6.07) is 25.7. The topological polar surface area (TPSA) is 78.1 Å². The highest BCUT2D eigenvalue weighted by Crippen LogP contribution is 2.39. The van der Waals surface area contributed by atoms with E-state index in [4.69, 9.17) is 10.7 Å². The average Bonchev–Trinajstić information content (AvgIpc) is 3.34. The van der Waals surface area contributed by atoms with E-state index in [2.05, 4.69) is 9.88 Å². The van der Waals surface area contributed by atoms with Crippen LogP contribution in [0.15, 0.2) is 102 Å². The summed E-state index contributed by atoms with van der Waals surface area (Å²) in [5.74, 6) is 0.524. The van der Waals surface area contributed by atoms with Crippen LogP contribution in [-0.4, -0.2) is 59.4 Å².